The number of hydrogen-bond donors (Lipinski definition) is 1. The van der Waals surface area contributed by atoms with Crippen LogP contribution >= 0.6 is 11.3 Å². The topological polar surface area (TPSA) is 70.5 Å². The van der Waals surface area contributed by atoms with Gasteiger partial charge in [-0.05, 0) is 30.7 Å². The molecule has 0 aromatic carbocycles. The summed E-state index contributed by atoms with van der Waals surface area (Å²) in [4.78, 5) is 34.2. The third kappa shape index (κ3) is 2.46. The number of likely N-dealkylation sites (tertiary alicyclic amines) is 1. The van der Waals surface area contributed by atoms with Gasteiger partial charge in [0.25, 0.3) is 11.5 Å². The van der Waals surface area contributed by atoms with Gasteiger partial charge in [-0.25, -0.2) is 4.98 Å². The number of carbonyl (C=O) groups is 1. The van der Waals surface area contributed by atoms with Crippen LogP contribution in [0.1, 0.15) is 41.4 Å². The molecule has 0 unspecified atom stereocenters. The Balaban J connectivity index is 1.74. The summed E-state index contributed by atoms with van der Waals surface area (Å²) in [5, 5.41) is 3.78. The summed E-state index contributed by atoms with van der Waals surface area (Å²) in [5.74, 6) is 0.543. The summed E-state index contributed by atoms with van der Waals surface area (Å²) in [6, 6.07) is 3.32. The largest absolute Gasteiger partial charge is 0.330 e. The lowest BCUT2D eigenvalue weighted by molar-refractivity contribution is 0.0606. The highest BCUT2D eigenvalue weighted by atomic mass is 32.1. The van der Waals surface area contributed by atoms with Crippen LogP contribution < -0.4 is 5.56 Å². The van der Waals surface area contributed by atoms with Crippen molar-refractivity contribution < 1.29 is 4.79 Å². The molecule has 0 radical (unpaired) electrons. The van der Waals surface area contributed by atoms with Crippen LogP contribution in [0.4, 0.5) is 0 Å². The molecule has 3 aromatic rings. The van der Waals surface area contributed by atoms with Gasteiger partial charge in [0.2, 0.25) is 5.78 Å². The fourth-order valence-electron chi connectivity index (χ4n) is 3.17. The van der Waals surface area contributed by atoms with Crippen molar-refractivity contribution >= 4 is 23.0 Å². The maximum atomic E-state index is 12.8. The molecule has 4 heterocycles. The molecular formula is C16H16N4O2S. The van der Waals surface area contributed by atoms with Gasteiger partial charge >= 0.3 is 0 Å². The predicted octanol–water partition coefficient (Wildman–Crippen LogP) is 2.45. The summed E-state index contributed by atoms with van der Waals surface area (Å²) in [6.07, 6.45) is 6.10. The second-order valence-corrected chi connectivity index (χ2v) is 6.49. The van der Waals surface area contributed by atoms with Crippen LogP contribution in [0.25, 0.3) is 5.78 Å². The highest BCUT2D eigenvalue weighted by molar-refractivity contribution is 7.08. The van der Waals surface area contributed by atoms with Gasteiger partial charge in [0.05, 0.1) is 11.6 Å². The van der Waals surface area contributed by atoms with E-state index in [2.05, 4.69) is 9.97 Å². The number of fused-ring (bicyclic) bond motifs is 1. The fourth-order valence-corrected chi connectivity index (χ4v) is 3.80. The van der Waals surface area contributed by atoms with Crippen LogP contribution in [0.3, 0.4) is 0 Å². The summed E-state index contributed by atoms with van der Waals surface area (Å²) >= 11 is 1.52. The second kappa shape index (κ2) is 5.66. The third-order valence-electron chi connectivity index (χ3n) is 4.30. The molecular weight excluding hydrogens is 312 g/mol. The number of piperidine rings is 1. The van der Waals surface area contributed by atoms with E-state index < -0.39 is 0 Å². The Morgan fingerprint density at radius 2 is 2.30 bits per heavy atom. The van der Waals surface area contributed by atoms with Gasteiger partial charge in [-0.15, -0.1) is 0 Å². The van der Waals surface area contributed by atoms with Gasteiger partial charge in [0, 0.05) is 36.1 Å². The van der Waals surface area contributed by atoms with E-state index in [9.17, 15) is 9.59 Å². The molecule has 1 aliphatic heterocycles. The number of nitrogens with one attached hydrogen (secondary N) is 1. The Labute approximate surface area is 136 Å². The van der Waals surface area contributed by atoms with Crippen LogP contribution in [0.2, 0.25) is 0 Å². The van der Waals surface area contributed by atoms with E-state index in [0.29, 0.717) is 17.9 Å². The molecule has 4 rings (SSSR count). The Kier molecular flexibility index (Phi) is 3.49. The molecule has 1 amide bonds. The van der Waals surface area contributed by atoms with Gasteiger partial charge < -0.3 is 9.88 Å². The predicted molar refractivity (Wildman–Crippen MR) is 87.8 cm³/mol. The van der Waals surface area contributed by atoms with Crippen molar-refractivity contribution in [2.75, 3.05) is 6.54 Å². The Morgan fingerprint density at radius 3 is 3.13 bits per heavy atom. The quantitative estimate of drug-likeness (QED) is 0.785. The average molecular weight is 328 g/mol. The average Bonchev–Trinajstić information content (AvgIpc) is 3.25. The van der Waals surface area contributed by atoms with Gasteiger partial charge in [0.15, 0.2) is 0 Å². The first-order chi connectivity index (χ1) is 11.2. The summed E-state index contributed by atoms with van der Waals surface area (Å²) in [5.41, 5.74) is 1.35. The van der Waals surface area contributed by atoms with E-state index in [1.807, 2.05) is 21.7 Å². The smallest absolute Gasteiger partial charge is 0.259 e. The Hall–Kier alpha value is -2.41. The normalized spacial score (nSPS) is 18.4. The number of H-pyrrole nitrogens is 1. The highest BCUT2D eigenvalue weighted by Crippen LogP contribution is 2.31. The van der Waals surface area contributed by atoms with E-state index in [1.54, 1.807) is 18.5 Å². The first-order valence-corrected chi connectivity index (χ1v) is 8.58. The summed E-state index contributed by atoms with van der Waals surface area (Å²) in [6.45, 7) is 0.709. The lowest BCUT2D eigenvalue weighted by Gasteiger charge is -2.35. The number of thiophene rings is 1. The van der Waals surface area contributed by atoms with Crippen molar-refractivity contribution in [1.82, 2.24) is 19.3 Å². The minimum atomic E-state index is -0.125. The van der Waals surface area contributed by atoms with E-state index in [1.165, 1.54) is 15.7 Å². The van der Waals surface area contributed by atoms with Crippen LogP contribution in [0.5, 0.6) is 0 Å². The van der Waals surface area contributed by atoms with E-state index >= 15 is 0 Å². The second-order valence-electron chi connectivity index (χ2n) is 5.71. The minimum absolute atomic E-state index is 0.0278. The molecule has 1 fully saturated rings. The zero-order valence-electron chi connectivity index (χ0n) is 12.4. The monoisotopic (exact) mass is 328 g/mol. The Bertz CT molecular complexity index is 896. The Morgan fingerprint density at radius 1 is 1.39 bits per heavy atom. The van der Waals surface area contributed by atoms with Gasteiger partial charge in [-0.3, -0.25) is 14.0 Å². The molecule has 7 heteroatoms. The van der Waals surface area contributed by atoms with Crippen LogP contribution in [-0.4, -0.2) is 31.7 Å². The standard InChI is InChI=1S/C16H16N4O2S/c21-14-9-12(18-16-17-5-7-20(14)16)13-3-1-2-6-19(13)15(22)11-4-8-23-10-11/h4-5,7-10,13H,1-3,6H2,(H,17,18)/t13-/m1/s1. The lowest BCUT2D eigenvalue weighted by atomic mass is 9.98. The number of nitrogens with zero attached hydrogens (tertiary/aromatic N) is 3. The van der Waals surface area contributed by atoms with E-state index in [4.69, 9.17) is 0 Å². The summed E-state index contributed by atoms with van der Waals surface area (Å²) < 4.78 is 1.47. The van der Waals surface area contributed by atoms with Crippen molar-refractivity contribution in [1.29, 1.82) is 0 Å². The minimum Gasteiger partial charge on any atom is -0.330 e. The number of amides is 1. The van der Waals surface area contributed by atoms with Crippen molar-refractivity contribution in [3.8, 4) is 0 Å². The maximum absolute atomic E-state index is 12.8. The molecule has 0 saturated carbocycles. The molecule has 1 atom stereocenters. The molecule has 6 nitrogen and oxygen atoms in total. The number of hydrogen-bond acceptors (Lipinski definition) is 4. The van der Waals surface area contributed by atoms with Gasteiger partial charge in [-0.1, -0.05) is 0 Å². The van der Waals surface area contributed by atoms with Crippen molar-refractivity contribution in [2.45, 2.75) is 25.3 Å². The number of aromatic nitrogens is 3. The molecule has 0 spiro atoms. The number of imidazole rings is 1. The summed E-state index contributed by atoms with van der Waals surface area (Å²) in [7, 11) is 0. The molecule has 0 aliphatic carbocycles. The zero-order valence-corrected chi connectivity index (χ0v) is 13.3. The molecule has 1 aliphatic rings. The molecule has 1 saturated heterocycles. The fraction of sp³-hybridized carbons (Fsp3) is 0.312. The zero-order chi connectivity index (χ0) is 15.8. The van der Waals surface area contributed by atoms with Crippen LogP contribution in [0.15, 0.2) is 40.1 Å². The van der Waals surface area contributed by atoms with Gasteiger partial charge in [-0.2, -0.15) is 11.3 Å². The van der Waals surface area contributed by atoms with Crippen molar-refractivity contribution in [3.05, 3.63) is 56.9 Å². The highest BCUT2D eigenvalue weighted by Gasteiger charge is 2.30. The molecule has 118 valence electrons. The molecule has 3 aromatic heterocycles. The van der Waals surface area contributed by atoms with Crippen LogP contribution in [0, 0.1) is 0 Å². The number of rotatable bonds is 2. The van der Waals surface area contributed by atoms with E-state index in [-0.39, 0.29) is 17.5 Å². The SMILES string of the molecule is O=C(c1ccsc1)N1CCCC[C@@H]1c1cc(=O)n2ccnc2[nH]1. The molecule has 23 heavy (non-hydrogen) atoms. The molecule has 0 bridgehead atoms. The maximum Gasteiger partial charge on any atom is 0.259 e. The first kappa shape index (κ1) is 14.2. The van der Waals surface area contributed by atoms with Crippen molar-refractivity contribution in [2.24, 2.45) is 0 Å². The lowest BCUT2D eigenvalue weighted by Crippen LogP contribution is -2.39. The molecule has 1 N–H and O–H groups in total. The third-order valence-corrected chi connectivity index (χ3v) is 4.99. The van der Waals surface area contributed by atoms with E-state index in [0.717, 1.165) is 25.0 Å². The number of aromatic amines is 1. The first-order valence-electron chi connectivity index (χ1n) is 7.63. The van der Waals surface area contributed by atoms with Gasteiger partial charge in [0.1, 0.15) is 0 Å². The van der Waals surface area contributed by atoms with Crippen molar-refractivity contribution in [3.63, 3.8) is 0 Å². The van der Waals surface area contributed by atoms with Crippen LogP contribution in [-0.2, 0) is 0 Å². The number of carbonyl (C=O) groups excluding carboxylic acids is 1.